The molecule has 0 bridgehead atoms. The van der Waals surface area contributed by atoms with E-state index in [1.165, 1.54) is 10.8 Å². The van der Waals surface area contributed by atoms with Gasteiger partial charge in [0.1, 0.15) is 0 Å². The SMILES string of the molecule is S=c1nc(Nc2ccc3ccccc3c2)cn[nH]1. The van der Waals surface area contributed by atoms with E-state index in [9.17, 15) is 0 Å². The Hall–Kier alpha value is -2.27. The number of H-pyrrole nitrogens is 1. The van der Waals surface area contributed by atoms with Gasteiger partial charge in [-0.3, -0.25) is 5.10 Å². The van der Waals surface area contributed by atoms with Crippen LogP contribution in [0, 0.1) is 4.77 Å². The highest BCUT2D eigenvalue weighted by Gasteiger charge is 1.98. The minimum atomic E-state index is 0.362. The number of hydrogen-bond donors (Lipinski definition) is 2. The number of anilines is 2. The van der Waals surface area contributed by atoms with E-state index in [0.717, 1.165) is 5.69 Å². The molecule has 2 aromatic carbocycles. The minimum absolute atomic E-state index is 0.362. The topological polar surface area (TPSA) is 53.6 Å². The number of aromatic amines is 1. The molecule has 5 heteroatoms. The Bertz CT molecular complexity index is 751. The second kappa shape index (κ2) is 4.54. The first-order valence-corrected chi connectivity index (χ1v) is 5.90. The molecule has 0 aliphatic carbocycles. The first-order valence-electron chi connectivity index (χ1n) is 5.49. The Balaban J connectivity index is 1.97. The van der Waals surface area contributed by atoms with Gasteiger partial charge in [-0.15, -0.1) is 0 Å². The monoisotopic (exact) mass is 254 g/mol. The Kier molecular flexibility index (Phi) is 2.74. The summed E-state index contributed by atoms with van der Waals surface area (Å²) in [4.78, 5) is 4.13. The molecule has 1 aromatic heterocycles. The van der Waals surface area contributed by atoms with Crippen molar-refractivity contribution < 1.29 is 0 Å². The maximum absolute atomic E-state index is 4.92. The molecule has 4 nitrogen and oxygen atoms in total. The van der Waals surface area contributed by atoms with Gasteiger partial charge in [0.15, 0.2) is 5.82 Å². The van der Waals surface area contributed by atoms with Crippen molar-refractivity contribution in [1.29, 1.82) is 0 Å². The van der Waals surface area contributed by atoms with Crippen LogP contribution in [-0.2, 0) is 0 Å². The van der Waals surface area contributed by atoms with Crippen molar-refractivity contribution in [2.24, 2.45) is 0 Å². The maximum Gasteiger partial charge on any atom is 0.215 e. The molecule has 0 aliphatic heterocycles. The standard InChI is InChI=1S/C13H10N4S/c18-13-16-12(8-14-17-13)15-11-6-5-9-3-1-2-4-10(9)7-11/h1-8H,(H2,15,16,17,18). The summed E-state index contributed by atoms with van der Waals surface area (Å²) in [5.74, 6) is 0.633. The Morgan fingerprint density at radius 3 is 2.72 bits per heavy atom. The molecule has 0 amide bonds. The van der Waals surface area contributed by atoms with Gasteiger partial charge in [-0.25, -0.2) is 0 Å². The molecular weight excluding hydrogens is 244 g/mol. The fourth-order valence-corrected chi connectivity index (χ4v) is 1.94. The zero-order valence-electron chi connectivity index (χ0n) is 9.42. The number of benzene rings is 2. The molecule has 18 heavy (non-hydrogen) atoms. The average molecular weight is 254 g/mol. The van der Waals surface area contributed by atoms with E-state index in [1.807, 2.05) is 18.2 Å². The summed E-state index contributed by atoms with van der Waals surface area (Å²) in [6.07, 6.45) is 1.60. The number of aromatic nitrogens is 3. The number of nitrogens with one attached hydrogen (secondary N) is 2. The first kappa shape index (κ1) is 10.9. The Morgan fingerprint density at radius 2 is 1.89 bits per heavy atom. The predicted molar refractivity (Wildman–Crippen MR) is 74.4 cm³/mol. The normalized spacial score (nSPS) is 10.4. The summed E-state index contributed by atoms with van der Waals surface area (Å²) >= 11 is 4.92. The van der Waals surface area contributed by atoms with Crippen LogP contribution in [-0.4, -0.2) is 15.2 Å². The molecule has 88 valence electrons. The van der Waals surface area contributed by atoms with Crippen molar-refractivity contribution in [1.82, 2.24) is 15.2 Å². The lowest BCUT2D eigenvalue weighted by Gasteiger charge is -2.06. The van der Waals surface area contributed by atoms with Gasteiger partial charge in [0.05, 0.1) is 6.20 Å². The highest BCUT2D eigenvalue weighted by Crippen LogP contribution is 2.20. The summed E-state index contributed by atoms with van der Waals surface area (Å²) < 4.78 is 0.362. The van der Waals surface area contributed by atoms with Gasteiger partial charge in [0.25, 0.3) is 0 Å². The van der Waals surface area contributed by atoms with Crippen molar-refractivity contribution in [3.63, 3.8) is 0 Å². The van der Waals surface area contributed by atoms with E-state index in [1.54, 1.807) is 6.20 Å². The van der Waals surface area contributed by atoms with Crippen LogP contribution in [0.2, 0.25) is 0 Å². The van der Waals surface area contributed by atoms with Crippen LogP contribution in [0.15, 0.2) is 48.7 Å². The summed E-state index contributed by atoms with van der Waals surface area (Å²) in [5.41, 5.74) is 0.962. The molecule has 0 radical (unpaired) electrons. The molecule has 0 unspecified atom stereocenters. The van der Waals surface area contributed by atoms with Crippen LogP contribution in [0.3, 0.4) is 0 Å². The number of fused-ring (bicyclic) bond motifs is 1. The highest BCUT2D eigenvalue weighted by molar-refractivity contribution is 7.71. The predicted octanol–water partition coefficient (Wildman–Crippen LogP) is 3.43. The number of nitrogens with zero attached hydrogens (tertiary/aromatic N) is 2. The number of hydrogen-bond acceptors (Lipinski definition) is 4. The molecule has 0 saturated heterocycles. The fraction of sp³-hybridized carbons (Fsp3) is 0. The maximum atomic E-state index is 4.92. The molecule has 0 spiro atoms. The van der Waals surface area contributed by atoms with Gasteiger partial charge in [-0.05, 0) is 35.1 Å². The van der Waals surface area contributed by atoms with Gasteiger partial charge in [0.2, 0.25) is 4.77 Å². The Labute approximate surface area is 109 Å². The smallest absolute Gasteiger partial charge is 0.215 e. The van der Waals surface area contributed by atoms with Crippen LogP contribution in [0.25, 0.3) is 10.8 Å². The van der Waals surface area contributed by atoms with E-state index >= 15 is 0 Å². The third-order valence-electron chi connectivity index (χ3n) is 2.59. The van der Waals surface area contributed by atoms with E-state index < -0.39 is 0 Å². The zero-order valence-corrected chi connectivity index (χ0v) is 10.2. The van der Waals surface area contributed by atoms with Crippen molar-refractivity contribution in [3.05, 3.63) is 53.4 Å². The molecule has 0 aliphatic rings. The summed E-state index contributed by atoms with van der Waals surface area (Å²) in [6.45, 7) is 0. The molecular formula is C13H10N4S. The van der Waals surface area contributed by atoms with Gasteiger partial charge in [0, 0.05) is 5.69 Å². The lowest BCUT2D eigenvalue weighted by molar-refractivity contribution is 0.953. The highest BCUT2D eigenvalue weighted by atomic mass is 32.1. The Morgan fingerprint density at radius 1 is 1.06 bits per heavy atom. The van der Waals surface area contributed by atoms with Crippen molar-refractivity contribution in [3.8, 4) is 0 Å². The second-order valence-corrected chi connectivity index (χ2v) is 4.25. The van der Waals surface area contributed by atoms with Crippen molar-refractivity contribution >= 4 is 34.5 Å². The molecule has 0 fully saturated rings. The van der Waals surface area contributed by atoms with Crippen molar-refractivity contribution in [2.75, 3.05) is 5.32 Å². The molecule has 3 rings (SSSR count). The quantitative estimate of drug-likeness (QED) is 0.688. The summed E-state index contributed by atoms with van der Waals surface area (Å²) in [7, 11) is 0. The van der Waals surface area contributed by atoms with Gasteiger partial charge < -0.3 is 5.32 Å². The lowest BCUT2D eigenvalue weighted by Crippen LogP contribution is -1.96. The van der Waals surface area contributed by atoms with Crippen LogP contribution in [0.5, 0.6) is 0 Å². The lowest BCUT2D eigenvalue weighted by atomic mass is 10.1. The zero-order chi connectivity index (χ0) is 12.4. The van der Waals surface area contributed by atoms with Crippen LogP contribution < -0.4 is 5.32 Å². The summed E-state index contributed by atoms with van der Waals surface area (Å²) in [6, 6.07) is 14.3. The molecule has 1 heterocycles. The van der Waals surface area contributed by atoms with Crippen molar-refractivity contribution in [2.45, 2.75) is 0 Å². The molecule has 0 saturated carbocycles. The van der Waals surface area contributed by atoms with Crippen LogP contribution in [0.1, 0.15) is 0 Å². The summed E-state index contributed by atoms with van der Waals surface area (Å²) in [5, 5.41) is 12.1. The van der Waals surface area contributed by atoms with E-state index in [2.05, 4.69) is 44.8 Å². The first-order chi connectivity index (χ1) is 8.81. The second-order valence-electron chi connectivity index (χ2n) is 3.86. The largest absolute Gasteiger partial charge is 0.339 e. The van der Waals surface area contributed by atoms with E-state index in [0.29, 0.717) is 10.6 Å². The molecule has 0 atom stereocenters. The molecule has 3 aromatic rings. The van der Waals surface area contributed by atoms with Crippen LogP contribution >= 0.6 is 12.2 Å². The minimum Gasteiger partial charge on any atom is -0.339 e. The number of rotatable bonds is 2. The van der Waals surface area contributed by atoms with Gasteiger partial charge >= 0.3 is 0 Å². The molecule has 2 N–H and O–H groups in total. The third-order valence-corrected chi connectivity index (χ3v) is 2.77. The average Bonchev–Trinajstić information content (AvgIpc) is 2.39. The van der Waals surface area contributed by atoms with Crippen LogP contribution in [0.4, 0.5) is 11.5 Å². The van der Waals surface area contributed by atoms with Gasteiger partial charge in [-0.1, -0.05) is 30.3 Å². The third kappa shape index (κ3) is 2.21. The van der Waals surface area contributed by atoms with Gasteiger partial charge in [-0.2, -0.15) is 10.1 Å². The van der Waals surface area contributed by atoms with E-state index in [4.69, 9.17) is 12.2 Å². The fourth-order valence-electron chi connectivity index (χ4n) is 1.79. The van der Waals surface area contributed by atoms with E-state index in [-0.39, 0.29) is 0 Å².